The summed E-state index contributed by atoms with van der Waals surface area (Å²) in [4.78, 5) is 21.7. The molecule has 0 amide bonds. The molecule has 2 fully saturated rings. The van der Waals surface area contributed by atoms with Crippen molar-refractivity contribution < 1.29 is 0 Å². The van der Waals surface area contributed by atoms with Gasteiger partial charge in [0.05, 0.1) is 5.54 Å². The molecule has 1 atom stereocenters. The molecule has 0 bridgehead atoms. The first-order chi connectivity index (χ1) is 16.9. The molecule has 8 nitrogen and oxygen atoms in total. The first-order valence-corrected chi connectivity index (χ1v) is 13.3. The fourth-order valence-electron chi connectivity index (χ4n) is 5.79. The van der Waals surface area contributed by atoms with E-state index in [-0.39, 0.29) is 17.1 Å². The maximum atomic E-state index is 13.5. The van der Waals surface area contributed by atoms with Gasteiger partial charge in [0.15, 0.2) is 5.82 Å². The van der Waals surface area contributed by atoms with Crippen molar-refractivity contribution in [1.29, 1.82) is 0 Å². The molecule has 8 heteroatoms. The second-order valence-corrected chi connectivity index (χ2v) is 11.0. The molecule has 188 valence electrons. The summed E-state index contributed by atoms with van der Waals surface area (Å²) in [5, 5.41) is 14.0. The highest BCUT2D eigenvalue weighted by Gasteiger charge is 2.36. The van der Waals surface area contributed by atoms with Gasteiger partial charge in [-0.2, -0.15) is 0 Å². The third-order valence-corrected chi connectivity index (χ3v) is 8.31. The number of pyridine rings is 1. The van der Waals surface area contributed by atoms with Gasteiger partial charge in [0, 0.05) is 43.3 Å². The Labute approximate surface area is 207 Å². The van der Waals surface area contributed by atoms with E-state index in [4.69, 9.17) is 0 Å². The minimum Gasteiger partial charge on any atom is -0.322 e. The number of aryl methyl sites for hydroxylation is 1. The van der Waals surface area contributed by atoms with Crippen LogP contribution >= 0.6 is 0 Å². The van der Waals surface area contributed by atoms with Crippen LogP contribution in [0.1, 0.15) is 82.3 Å². The lowest BCUT2D eigenvalue weighted by Crippen LogP contribution is -2.52. The van der Waals surface area contributed by atoms with Crippen LogP contribution in [-0.4, -0.2) is 67.2 Å². The summed E-state index contributed by atoms with van der Waals surface area (Å²) in [6.45, 7) is 12.3. The lowest BCUT2D eigenvalue weighted by Gasteiger charge is -2.43. The molecule has 1 unspecified atom stereocenters. The smallest absolute Gasteiger partial charge is 0.253 e. The van der Waals surface area contributed by atoms with Crippen LogP contribution in [0.3, 0.4) is 0 Å². The number of hydrogen-bond donors (Lipinski definition) is 1. The van der Waals surface area contributed by atoms with Crippen molar-refractivity contribution in [3.63, 3.8) is 0 Å². The van der Waals surface area contributed by atoms with Crippen LogP contribution in [0.15, 0.2) is 29.1 Å². The minimum absolute atomic E-state index is 0.0633. The standard InChI is InChI=1S/C27H39N7O/c1-5-27(3,4)34-25(29-30-31-34)24(22-18-20-12-11-19(2)17-23(20)28-26(22)35)33-15-13-32(14-16-33)21-9-7-6-8-10-21/h11-12,17-18,21,24H,5-10,13-16H2,1-4H3,(H,28,35). The third kappa shape index (κ3) is 4.78. The van der Waals surface area contributed by atoms with Crippen LogP contribution in [0, 0.1) is 6.92 Å². The number of fused-ring (bicyclic) bond motifs is 1. The topological polar surface area (TPSA) is 82.9 Å². The Kier molecular flexibility index (Phi) is 6.77. The number of nitrogens with one attached hydrogen (secondary N) is 1. The molecular formula is C27H39N7O. The number of H-pyrrole nitrogens is 1. The molecule has 3 aromatic rings. The monoisotopic (exact) mass is 477 g/mol. The summed E-state index contributed by atoms with van der Waals surface area (Å²) in [6, 6.07) is 8.67. The van der Waals surface area contributed by atoms with Crippen molar-refractivity contribution in [3.8, 4) is 0 Å². The maximum absolute atomic E-state index is 13.5. The molecule has 2 aromatic heterocycles. The van der Waals surface area contributed by atoms with Gasteiger partial charge in [-0.25, -0.2) is 4.68 Å². The molecule has 2 aliphatic rings. The largest absolute Gasteiger partial charge is 0.322 e. The van der Waals surface area contributed by atoms with Crippen LogP contribution < -0.4 is 5.56 Å². The zero-order valence-electron chi connectivity index (χ0n) is 21.6. The van der Waals surface area contributed by atoms with Gasteiger partial charge in [-0.1, -0.05) is 38.3 Å². The number of hydrogen-bond acceptors (Lipinski definition) is 6. The van der Waals surface area contributed by atoms with E-state index in [1.54, 1.807) is 0 Å². The lowest BCUT2D eigenvalue weighted by molar-refractivity contribution is 0.0603. The number of nitrogens with zero attached hydrogens (tertiary/aromatic N) is 6. The van der Waals surface area contributed by atoms with Gasteiger partial charge >= 0.3 is 0 Å². The first-order valence-electron chi connectivity index (χ1n) is 13.3. The van der Waals surface area contributed by atoms with E-state index < -0.39 is 0 Å². The van der Waals surface area contributed by atoms with E-state index in [1.165, 1.54) is 32.1 Å². The second-order valence-electron chi connectivity index (χ2n) is 11.0. The molecule has 5 rings (SSSR count). The highest BCUT2D eigenvalue weighted by molar-refractivity contribution is 5.79. The van der Waals surface area contributed by atoms with Gasteiger partial charge in [-0.15, -0.1) is 5.10 Å². The molecule has 1 saturated carbocycles. The minimum atomic E-state index is -0.293. The molecule has 1 N–H and O–H groups in total. The third-order valence-electron chi connectivity index (χ3n) is 8.31. The zero-order chi connectivity index (χ0) is 24.6. The van der Waals surface area contributed by atoms with E-state index in [0.29, 0.717) is 6.04 Å². The van der Waals surface area contributed by atoms with Gasteiger partial charge in [0.1, 0.15) is 6.04 Å². The molecule has 1 aliphatic heterocycles. The molecule has 3 heterocycles. The Morgan fingerprint density at radius 2 is 1.83 bits per heavy atom. The molecule has 1 aliphatic carbocycles. The van der Waals surface area contributed by atoms with Crippen molar-refractivity contribution in [3.05, 3.63) is 51.6 Å². The van der Waals surface area contributed by atoms with Crippen LogP contribution in [0.5, 0.6) is 0 Å². The fraction of sp³-hybridized carbons (Fsp3) is 0.630. The average molecular weight is 478 g/mol. The molecular weight excluding hydrogens is 438 g/mol. The Morgan fingerprint density at radius 3 is 2.54 bits per heavy atom. The predicted molar refractivity (Wildman–Crippen MR) is 139 cm³/mol. The fourth-order valence-corrected chi connectivity index (χ4v) is 5.79. The van der Waals surface area contributed by atoms with Crippen LogP contribution in [0.4, 0.5) is 0 Å². The maximum Gasteiger partial charge on any atom is 0.253 e. The number of piperazine rings is 1. The van der Waals surface area contributed by atoms with Crippen molar-refractivity contribution in [2.45, 2.75) is 83.8 Å². The summed E-state index contributed by atoms with van der Waals surface area (Å²) in [7, 11) is 0. The van der Waals surface area contributed by atoms with E-state index >= 15 is 0 Å². The van der Waals surface area contributed by atoms with Crippen molar-refractivity contribution >= 4 is 10.9 Å². The Morgan fingerprint density at radius 1 is 1.09 bits per heavy atom. The van der Waals surface area contributed by atoms with E-state index in [1.807, 2.05) is 23.7 Å². The van der Waals surface area contributed by atoms with Gasteiger partial charge in [-0.3, -0.25) is 14.6 Å². The first kappa shape index (κ1) is 24.1. The van der Waals surface area contributed by atoms with Gasteiger partial charge in [0.2, 0.25) is 0 Å². The zero-order valence-corrected chi connectivity index (χ0v) is 21.6. The number of benzene rings is 1. The van der Waals surface area contributed by atoms with Crippen LogP contribution in [0.2, 0.25) is 0 Å². The summed E-state index contributed by atoms with van der Waals surface area (Å²) >= 11 is 0. The molecule has 0 spiro atoms. The lowest BCUT2D eigenvalue weighted by atomic mass is 9.93. The highest BCUT2D eigenvalue weighted by atomic mass is 16.1. The SMILES string of the molecule is CCC(C)(C)n1nnnc1C(c1cc2ccc(C)cc2[nH]c1=O)N1CCN(C2CCCCC2)CC1. The number of rotatable bonds is 6. The van der Waals surface area contributed by atoms with Crippen molar-refractivity contribution in [1.82, 2.24) is 35.0 Å². The average Bonchev–Trinajstić information content (AvgIpc) is 3.36. The van der Waals surface area contributed by atoms with Crippen molar-refractivity contribution in [2.75, 3.05) is 26.2 Å². The van der Waals surface area contributed by atoms with E-state index in [9.17, 15) is 4.79 Å². The number of aromatic nitrogens is 5. The molecule has 0 radical (unpaired) electrons. The number of tetrazole rings is 1. The van der Waals surface area contributed by atoms with Gasteiger partial charge in [-0.05, 0) is 73.5 Å². The van der Waals surface area contributed by atoms with E-state index in [2.05, 4.69) is 63.2 Å². The molecule has 1 saturated heterocycles. The van der Waals surface area contributed by atoms with Crippen LogP contribution in [-0.2, 0) is 5.54 Å². The predicted octanol–water partition coefficient (Wildman–Crippen LogP) is 4.01. The second kappa shape index (κ2) is 9.82. The normalized spacial score (nSPS) is 19.9. The Bertz CT molecular complexity index is 1220. The van der Waals surface area contributed by atoms with Gasteiger partial charge < -0.3 is 4.98 Å². The summed E-state index contributed by atoms with van der Waals surface area (Å²) in [5.74, 6) is 0.750. The van der Waals surface area contributed by atoms with E-state index in [0.717, 1.165) is 60.5 Å². The summed E-state index contributed by atoms with van der Waals surface area (Å²) in [5.41, 5.74) is 2.40. The number of aromatic amines is 1. The molecule has 1 aromatic carbocycles. The van der Waals surface area contributed by atoms with Gasteiger partial charge in [0.25, 0.3) is 5.56 Å². The summed E-state index contributed by atoms with van der Waals surface area (Å²) < 4.78 is 1.93. The highest BCUT2D eigenvalue weighted by Crippen LogP contribution is 2.32. The Hall–Kier alpha value is -2.58. The summed E-state index contributed by atoms with van der Waals surface area (Å²) in [6.07, 6.45) is 7.59. The van der Waals surface area contributed by atoms with Crippen LogP contribution in [0.25, 0.3) is 10.9 Å². The Balaban J connectivity index is 1.53. The van der Waals surface area contributed by atoms with Crippen molar-refractivity contribution in [2.24, 2.45) is 0 Å². The quantitative estimate of drug-likeness (QED) is 0.578. The molecule has 35 heavy (non-hydrogen) atoms.